The third-order valence-corrected chi connectivity index (χ3v) is 4.85. The van der Waals surface area contributed by atoms with Crippen molar-refractivity contribution in [3.63, 3.8) is 0 Å². The molecule has 1 N–H and O–H groups in total. The topological polar surface area (TPSA) is 24.9 Å². The highest BCUT2D eigenvalue weighted by molar-refractivity contribution is 9.10. The van der Waals surface area contributed by atoms with Gasteiger partial charge < -0.3 is 5.32 Å². The predicted octanol–water partition coefficient (Wildman–Crippen LogP) is 4.47. The van der Waals surface area contributed by atoms with E-state index in [1.807, 2.05) is 6.20 Å². The van der Waals surface area contributed by atoms with Gasteiger partial charge in [0.2, 0.25) is 0 Å². The van der Waals surface area contributed by atoms with Gasteiger partial charge in [0.25, 0.3) is 0 Å². The number of halogens is 2. The normalized spacial score (nSPS) is 22.7. The number of rotatable bonds is 2. The van der Waals surface area contributed by atoms with E-state index in [4.69, 9.17) is 0 Å². The molecule has 0 spiro atoms. The first kappa shape index (κ1) is 14.2. The van der Waals surface area contributed by atoms with Crippen molar-refractivity contribution < 1.29 is 0 Å². The van der Waals surface area contributed by atoms with Crippen molar-refractivity contribution >= 4 is 31.9 Å². The summed E-state index contributed by atoms with van der Waals surface area (Å²) in [6.45, 7) is 2.08. The van der Waals surface area contributed by atoms with Crippen molar-refractivity contribution in [1.82, 2.24) is 10.3 Å². The van der Waals surface area contributed by atoms with Gasteiger partial charge in [-0.1, -0.05) is 28.1 Å². The molecular weight excluding hydrogens is 380 g/mol. The zero-order valence-corrected chi connectivity index (χ0v) is 14.2. The number of benzene rings is 1. The van der Waals surface area contributed by atoms with Crippen molar-refractivity contribution in [3.05, 3.63) is 62.8 Å². The molecule has 2 aromatic rings. The van der Waals surface area contributed by atoms with E-state index in [-0.39, 0.29) is 0 Å². The zero-order chi connectivity index (χ0) is 13.9. The van der Waals surface area contributed by atoms with E-state index in [0.29, 0.717) is 11.8 Å². The van der Waals surface area contributed by atoms with Crippen molar-refractivity contribution in [2.75, 3.05) is 13.1 Å². The molecule has 1 aliphatic heterocycles. The van der Waals surface area contributed by atoms with E-state index in [9.17, 15) is 0 Å². The van der Waals surface area contributed by atoms with Crippen LogP contribution < -0.4 is 5.32 Å². The van der Waals surface area contributed by atoms with Crippen LogP contribution in [0, 0.1) is 0 Å². The second kappa shape index (κ2) is 6.37. The summed E-state index contributed by atoms with van der Waals surface area (Å²) >= 11 is 7.03. The Morgan fingerprint density at radius 2 is 1.95 bits per heavy atom. The van der Waals surface area contributed by atoms with Crippen molar-refractivity contribution in [3.8, 4) is 0 Å². The molecule has 0 saturated carbocycles. The lowest BCUT2D eigenvalue weighted by Gasteiger charge is -2.32. The van der Waals surface area contributed by atoms with Crippen LogP contribution in [0.4, 0.5) is 0 Å². The SMILES string of the molecule is Brc1ccc(C2CCNCC2c2cccc(Br)c2)nc1. The van der Waals surface area contributed by atoms with E-state index >= 15 is 0 Å². The van der Waals surface area contributed by atoms with Crippen LogP contribution in [0.25, 0.3) is 0 Å². The molecule has 2 unspecified atom stereocenters. The third-order valence-electron chi connectivity index (χ3n) is 3.89. The van der Waals surface area contributed by atoms with Crippen molar-refractivity contribution in [1.29, 1.82) is 0 Å². The Morgan fingerprint density at radius 1 is 1.05 bits per heavy atom. The molecule has 104 valence electrons. The summed E-state index contributed by atoms with van der Waals surface area (Å²) < 4.78 is 2.18. The summed E-state index contributed by atoms with van der Waals surface area (Å²) in [7, 11) is 0. The Bertz CT molecular complexity index is 583. The highest BCUT2D eigenvalue weighted by atomic mass is 79.9. The minimum Gasteiger partial charge on any atom is -0.316 e. The predicted molar refractivity (Wildman–Crippen MR) is 89.0 cm³/mol. The van der Waals surface area contributed by atoms with Crippen LogP contribution in [0.3, 0.4) is 0 Å². The molecule has 1 aromatic carbocycles. The van der Waals surface area contributed by atoms with Crippen LogP contribution in [0.1, 0.15) is 29.5 Å². The molecule has 4 heteroatoms. The lowest BCUT2D eigenvalue weighted by molar-refractivity contribution is 0.398. The maximum Gasteiger partial charge on any atom is 0.0442 e. The average molecular weight is 396 g/mol. The second-order valence-electron chi connectivity index (χ2n) is 5.16. The number of hydrogen-bond donors (Lipinski definition) is 1. The Morgan fingerprint density at radius 3 is 2.70 bits per heavy atom. The standard InChI is InChI=1S/C16H16Br2N2/c17-12-3-1-2-11(8-12)15-10-19-7-6-14(15)16-5-4-13(18)9-20-16/h1-5,8-9,14-15,19H,6-7,10H2. The third kappa shape index (κ3) is 3.13. The number of piperidine rings is 1. The summed E-state index contributed by atoms with van der Waals surface area (Å²) in [6.07, 6.45) is 3.03. The van der Waals surface area contributed by atoms with E-state index in [1.165, 1.54) is 11.3 Å². The fourth-order valence-corrected chi connectivity index (χ4v) is 3.56. The largest absolute Gasteiger partial charge is 0.316 e. The van der Waals surface area contributed by atoms with Crippen LogP contribution in [0.15, 0.2) is 51.5 Å². The number of aromatic nitrogens is 1. The molecule has 0 aliphatic carbocycles. The maximum absolute atomic E-state index is 4.61. The number of nitrogens with one attached hydrogen (secondary N) is 1. The minimum absolute atomic E-state index is 0.481. The van der Waals surface area contributed by atoms with Gasteiger partial charge in [0, 0.05) is 39.2 Å². The van der Waals surface area contributed by atoms with Gasteiger partial charge in [-0.2, -0.15) is 0 Å². The molecule has 1 fully saturated rings. The average Bonchev–Trinajstić information content (AvgIpc) is 2.48. The van der Waals surface area contributed by atoms with E-state index in [2.05, 4.69) is 78.6 Å². The van der Waals surface area contributed by atoms with Gasteiger partial charge in [-0.25, -0.2) is 0 Å². The van der Waals surface area contributed by atoms with Crippen LogP contribution in [0.2, 0.25) is 0 Å². The van der Waals surface area contributed by atoms with E-state index in [1.54, 1.807) is 0 Å². The molecule has 0 amide bonds. The number of hydrogen-bond acceptors (Lipinski definition) is 2. The highest BCUT2D eigenvalue weighted by Gasteiger charge is 2.28. The highest BCUT2D eigenvalue weighted by Crippen LogP contribution is 2.37. The van der Waals surface area contributed by atoms with Crippen LogP contribution >= 0.6 is 31.9 Å². The monoisotopic (exact) mass is 394 g/mol. The zero-order valence-electron chi connectivity index (χ0n) is 11.0. The maximum atomic E-state index is 4.61. The molecule has 2 nitrogen and oxygen atoms in total. The molecule has 2 heterocycles. The molecule has 3 rings (SSSR count). The summed E-state index contributed by atoms with van der Waals surface area (Å²) in [6, 6.07) is 12.9. The van der Waals surface area contributed by atoms with E-state index < -0.39 is 0 Å². The first-order chi connectivity index (χ1) is 9.74. The first-order valence-electron chi connectivity index (χ1n) is 6.81. The van der Waals surface area contributed by atoms with Gasteiger partial charge in [-0.05, 0) is 58.7 Å². The molecule has 1 aromatic heterocycles. The summed E-state index contributed by atoms with van der Waals surface area (Å²) in [5.74, 6) is 0.966. The van der Waals surface area contributed by atoms with Crippen molar-refractivity contribution in [2.45, 2.75) is 18.3 Å². The molecule has 0 radical (unpaired) electrons. The molecule has 1 saturated heterocycles. The lowest BCUT2D eigenvalue weighted by Crippen LogP contribution is -2.34. The number of pyridine rings is 1. The Hall–Kier alpha value is -0.710. The van der Waals surface area contributed by atoms with Gasteiger partial charge in [0.15, 0.2) is 0 Å². The molecule has 20 heavy (non-hydrogen) atoms. The smallest absolute Gasteiger partial charge is 0.0442 e. The molecule has 1 aliphatic rings. The molecule has 2 atom stereocenters. The summed E-state index contributed by atoms with van der Waals surface area (Å²) in [5.41, 5.74) is 2.57. The number of nitrogens with zero attached hydrogens (tertiary/aromatic N) is 1. The summed E-state index contributed by atoms with van der Waals surface area (Å²) in [4.78, 5) is 4.61. The molecule has 0 bridgehead atoms. The minimum atomic E-state index is 0.481. The Kier molecular flexibility index (Phi) is 4.54. The van der Waals surface area contributed by atoms with Gasteiger partial charge in [-0.3, -0.25) is 4.98 Å². The Balaban J connectivity index is 1.93. The summed E-state index contributed by atoms with van der Waals surface area (Å²) in [5, 5.41) is 3.51. The van der Waals surface area contributed by atoms with Crippen LogP contribution in [-0.2, 0) is 0 Å². The van der Waals surface area contributed by atoms with Gasteiger partial charge in [-0.15, -0.1) is 0 Å². The van der Waals surface area contributed by atoms with Gasteiger partial charge in [0.1, 0.15) is 0 Å². The fourth-order valence-electron chi connectivity index (χ4n) is 2.91. The molecular formula is C16H16Br2N2. The van der Waals surface area contributed by atoms with E-state index in [0.717, 1.165) is 28.5 Å². The fraction of sp³-hybridized carbons (Fsp3) is 0.312. The van der Waals surface area contributed by atoms with Crippen molar-refractivity contribution in [2.24, 2.45) is 0 Å². The second-order valence-corrected chi connectivity index (χ2v) is 6.99. The Labute approximate surface area is 136 Å². The lowest BCUT2D eigenvalue weighted by atomic mass is 9.79. The quantitative estimate of drug-likeness (QED) is 0.811. The van der Waals surface area contributed by atoms with Crippen LogP contribution in [0.5, 0.6) is 0 Å². The van der Waals surface area contributed by atoms with Gasteiger partial charge >= 0.3 is 0 Å². The van der Waals surface area contributed by atoms with Gasteiger partial charge in [0.05, 0.1) is 0 Å². The first-order valence-corrected chi connectivity index (χ1v) is 8.40. The van der Waals surface area contributed by atoms with Crippen LogP contribution in [-0.4, -0.2) is 18.1 Å².